The van der Waals surface area contributed by atoms with Gasteiger partial charge >= 0.3 is 5.97 Å². The molecule has 0 unspecified atom stereocenters. The Balaban J connectivity index is 2.64. The standard InChI is InChI=1S/C13H12N2O6/c1-13(2)6-10(16)14(12(13)19)9-5-7(15(20)21)3-4-8(9)11(17)18/h3-5H,6H2,1-2H3,(H,17,18). The first-order valence-corrected chi connectivity index (χ1v) is 6.04. The number of carboxylic acid groups (broad SMARTS) is 1. The molecule has 0 aromatic heterocycles. The molecule has 110 valence electrons. The number of nitrogens with zero attached hydrogens (tertiary/aromatic N) is 2. The summed E-state index contributed by atoms with van der Waals surface area (Å²) in [6, 6.07) is 2.96. The Morgan fingerprint density at radius 3 is 2.43 bits per heavy atom. The third-order valence-corrected chi connectivity index (χ3v) is 3.29. The van der Waals surface area contributed by atoms with Crippen LogP contribution in [-0.2, 0) is 9.59 Å². The van der Waals surface area contributed by atoms with E-state index in [0.29, 0.717) is 0 Å². The Morgan fingerprint density at radius 2 is 2.00 bits per heavy atom. The Bertz CT molecular complexity index is 679. The molecule has 1 aliphatic heterocycles. The summed E-state index contributed by atoms with van der Waals surface area (Å²) in [4.78, 5) is 46.3. The Hall–Kier alpha value is -2.77. The van der Waals surface area contributed by atoms with Crippen LogP contribution in [-0.4, -0.2) is 27.8 Å². The Kier molecular flexibility index (Phi) is 3.24. The highest BCUT2D eigenvalue weighted by atomic mass is 16.6. The van der Waals surface area contributed by atoms with Crippen molar-refractivity contribution < 1.29 is 24.4 Å². The van der Waals surface area contributed by atoms with E-state index in [-0.39, 0.29) is 23.4 Å². The van der Waals surface area contributed by atoms with Crippen LogP contribution in [0.2, 0.25) is 0 Å². The van der Waals surface area contributed by atoms with Gasteiger partial charge < -0.3 is 5.11 Å². The molecule has 1 aromatic rings. The molecule has 0 saturated carbocycles. The molecule has 0 radical (unpaired) electrons. The number of carboxylic acids is 1. The number of anilines is 1. The number of benzene rings is 1. The van der Waals surface area contributed by atoms with Crippen LogP contribution in [0.4, 0.5) is 11.4 Å². The summed E-state index contributed by atoms with van der Waals surface area (Å²) >= 11 is 0. The number of carbonyl (C=O) groups excluding carboxylic acids is 2. The second-order valence-electron chi connectivity index (χ2n) is 5.36. The maximum atomic E-state index is 12.2. The molecule has 1 saturated heterocycles. The van der Waals surface area contributed by atoms with E-state index in [1.807, 2.05) is 0 Å². The summed E-state index contributed by atoms with van der Waals surface area (Å²) in [5, 5.41) is 19.9. The van der Waals surface area contributed by atoms with Gasteiger partial charge in [0.1, 0.15) is 0 Å². The van der Waals surface area contributed by atoms with Crippen molar-refractivity contribution in [2.45, 2.75) is 20.3 Å². The third-order valence-electron chi connectivity index (χ3n) is 3.29. The molecule has 21 heavy (non-hydrogen) atoms. The minimum atomic E-state index is -1.37. The quantitative estimate of drug-likeness (QED) is 0.513. The van der Waals surface area contributed by atoms with Crippen LogP contribution in [0.15, 0.2) is 18.2 Å². The third kappa shape index (κ3) is 2.35. The fourth-order valence-electron chi connectivity index (χ4n) is 2.19. The molecule has 8 heteroatoms. The number of imide groups is 1. The Morgan fingerprint density at radius 1 is 1.38 bits per heavy atom. The number of nitro benzene ring substituents is 1. The van der Waals surface area contributed by atoms with E-state index in [2.05, 4.69) is 0 Å². The highest BCUT2D eigenvalue weighted by Gasteiger charge is 2.46. The van der Waals surface area contributed by atoms with Gasteiger partial charge in [0.2, 0.25) is 11.8 Å². The largest absolute Gasteiger partial charge is 0.478 e. The maximum absolute atomic E-state index is 12.2. The van der Waals surface area contributed by atoms with E-state index in [1.165, 1.54) is 0 Å². The van der Waals surface area contributed by atoms with E-state index in [1.54, 1.807) is 13.8 Å². The van der Waals surface area contributed by atoms with Crippen molar-refractivity contribution in [1.29, 1.82) is 0 Å². The summed E-state index contributed by atoms with van der Waals surface area (Å²) in [5.41, 5.74) is -1.95. The molecule has 1 heterocycles. The number of hydrogen-bond donors (Lipinski definition) is 1. The Labute approximate surface area is 119 Å². The molecule has 2 rings (SSSR count). The van der Waals surface area contributed by atoms with Crippen LogP contribution < -0.4 is 4.90 Å². The molecule has 0 aliphatic carbocycles. The zero-order valence-corrected chi connectivity index (χ0v) is 11.3. The van der Waals surface area contributed by atoms with Gasteiger partial charge in [0, 0.05) is 18.6 Å². The fourth-order valence-corrected chi connectivity index (χ4v) is 2.19. The number of non-ortho nitro benzene ring substituents is 1. The van der Waals surface area contributed by atoms with Gasteiger partial charge in [-0.05, 0) is 6.07 Å². The lowest BCUT2D eigenvalue weighted by molar-refractivity contribution is -0.384. The highest BCUT2D eigenvalue weighted by molar-refractivity contribution is 6.24. The van der Waals surface area contributed by atoms with Crippen molar-refractivity contribution >= 4 is 29.2 Å². The van der Waals surface area contributed by atoms with Crippen LogP contribution >= 0.6 is 0 Å². The number of nitro groups is 1. The second kappa shape index (κ2) is 4.65. The molecule has 1 fully saturated rings. The van der Waals surface area contributed by atoms with Gasteiger partial charge in [0.05, 0.1) is 21.6 Å². The van der Waals surface area contributed by atoms with E-state index in [0.717, 1.165) is 23.1 Å². The van der Waals surface area contributed by atoms with Gasteiger partial charge in [-0.1, -0.05) is 13.8 Å². The molecule has 0 bridgehead atoms. The smallest absolute Gasteiger partial charge is 0.337 e. The van der Waals surface area contributed by atoms with Gasteiger partial charge in [-0.25, -0.2) is 9.69 Å². The highest BCUT2D eigenvalue weighted by Crippen LogP contribution is 2.37. The number of hydrogen-bond acceptors (Lipinski definition) is 5. The number of carbonyl (C=O) groups is 3. The summed E-state index contributed by atoms with van der Waals surface area (Å²) in [5.74, 6) is -2.52. The zero-order chi connectivity index (χ0) is 15.9. The summed E-state index contributed by atoms with van der Waals surface area (Å²) < 4.78 is 0. The lowest BCUT2D eigenvalue weighted by Crippen LogP contribution is -2.34. The number of aromatic carboxylic acids is 1. The number of rotatable bonds is 3. The summed E-state index contributed by atoms with van der Waals surface area (Å²) in [7, 11) is 0. The van der Waals surface area contributed by atoms with Crippen LogP contribution in [0, 0.1) is 15.5 Å². The van der Waals surface area contributed by atoms with Gasteiger partial charge in [0.25, 0.3) is 5.69 Å². The van der Waals surface area contributed by atoms with Gasteiger partial charge in [0.15, 0.2) is 0 Å². The topological polar surface area (TPSA) is 118 Å². The van der Waals surface area contributed by atoms with E-state index < -0.39 is 28.1 Å². The van der Waals surface area contributed by atoms with E-state index in [4.69, 9.17) is 5.11 Å². The lowest BCUT2D eigenvalue weighted by atomic mass is 9.92. The van der Waals surface area contributed by atoms with Crippen LogP contribution in [0.1, 0.15) is 30.6 Å². The molecule has 1 N–H and O–H groups in total. The average molecular weight is 292 g/mol. The summed E-state index contributed by atoms with van der Waals surface area (Å²) in [6.45, 7) is 3.12. The van der Waals surface area contributed by atoms with Crippen molar-refractivity contribution in [3.05, 3.63) is 33.9 Å². The van der Waals surface area contributed by atoms with E-state index in [9.17, 15) is 24.5 Å². The van der Waals surface area contributed by atoms with Gasteiger partial charge in [-0.15, -0.1) is 0 Å². The van der Waals surface area contributed by atoms with Crippen molar-refractivity contribution in [2.24, 2.45) is 5.41 Å². The van der Waals surface area contributed by atoms with Crippen molar-refractivity contribution in [2.75, 3.05) is 4.90 Å². The predicted molar refractivity (Wildman–Crippen MR) is 70.9 cm³/mol. The van der Waals surface area contributed by atoms with Crippen LogP contribution in [0.5, 0.6) is 0 Å². The SMILES string of the molecule is CC1(C)CC(=O)N(c2cc([N+](=O)[O-])ccc2C(=O)O)C1=O. The molecule has 8 nitrogen and oxygen atoms in total. The predicted octanol–water partition coefficient (Wildman–Crippen LogP) is 1.58. The summed E-state index contributed by atoms with van der Waals surface area (Å²) in [6.07, 6.45) is -0.0758. The molecule has 0 atom stereocenters. The van der Waals surface area contributed by atoms with Gasteiger partial charge in [-0.3, -0.25) is 19.7 Å². The first-order valence-electron chi connectivity index (χ1n) is 6.04. The second-order valence-corrected chi connectivity index (χ2v) is 5.36. The van der Waals surface area contributed by atoms with Crippen molar-refractivity contribution in [3.8, 4) is 0 Å². The molecule has 1 aliphatic rings. The van der Waals surface area contributed by atoms with Crippen LogP contribution in [0.3, 0.4) is 0 Å². The minimum absolute atomic E-state index is 0.0758. The van der Waals surface area contributed by atoms with Crippen LogP contribution in [0.25, 0.3) is 0 Å². The zero-order valence-electron chi connectivity index (χ0n) is 11.3. The molecule has 0 spiro atoms. The fraction of sp³-hybridized carbons (Fsp3) is 0.308. The lowest BCUT2D eigenvalue weighted by Gasteiger charge is -2.19. The first kappa shape index (κ1) is 14.6. The maximum Gasteiger partial charge on any atom is 0.337 e. The first-order chi connectivity index (χ1) is 9.65. The van der Waals surface area contributed by atoms with E-state index >= 15 is 0 Å². The molecule has 2 amide bonds. The molecular formula is C13H12N2O6. The molecular weight excluding hydrogens is 280 g/mol. The minimum Gasteiger partial charge on any atom is -0.478 e. The van der Waals surface area contributed by atoms with Crippen molar-refractivity contribution in [1.82, 2.24) is 0 Å². The monoisotopic (exact) mass is 292 g/mol. The molecule has 1 aromatic carbocycles. The normalized spacial score (nSPS) is 17.1. The number of amides is 2. The van der Waals surface area contributed by atoms with Crippen molar-refractivity contribution in [3.63, 3.8) is 0 Å². The average Bonchev–Trinajstić information content (AvgIpc) is 2.57. The van der Waals surface area contributed by atoms with Gasteiger partial charge in [-0.2, -0.15) is 0 Å².